The fourth-order valence-electron chi connectivity index (χ4n) is 2.66. The highest BCUT2D eigenvalue weighted by Crippen LogP contribution is 2.44. The number of benzene rings is 1. The van der Waals surface area contributed by atoms with Gasteiger partial charge in [0, 0.05) is 17.5 Å². The van der Waals surface area contributed by atoms with Crippen LogP contribution in [-0.2, 0) is 9.59 Å². The summed E-state index contributed by atoms with van der Waals surface area (Å²) in [6.45, 7) is 2.43. The van der Waals surface area contributed by atoms with E-state index in [-0.39, 0.29) is 17.7 Å². The van der Waals surface area contributed by atoms with Crippen LogP contribution in [0.25, 0.3) is 0 Å². The van der Waals surface area contributed by atoms with E-state index < -0.39 is 5.97 Å². The summed E-state index contributed by atoms with van der Waals surface area (Å²) in [5, 5.41) is 11.5. The molecule has 22 heavy (non-hydrogen) atoms. The van der Waals surface area contributed by atoms with Gasteiger partial charge in [0.05, 0.1) is 6.61 Å². The first-order valence-electron chi connectivity index (χ1n) is 7.82. The molecule has 0 spiro atoms. The molecule has 0 saturated heterocycles. The molecular weight excluding hydrogens is 282 g/mol. The number of aliphatic carboxylic acids is 1. The molecule has 1 aromatic rings. The van der Waals surface area contributed by atoms with Crippen molar-refractivity contribution < 1.29 is 19.4 Å². The highest BCUT2D eigenvalue weighted by Gasteiger charge is 2.42. The summed E-state index contributed by atoms with van der Waals surface area (Å²) in [5.74, 6) is -0.0314. The van der Waals surface area contributed by atoms with Crippen LogP contribution in [0, 0.1) is 5.41 Å². The van der Waals surface area contributed by atoms with Crippen molar-refractivity contribution in [3.05, 3.63) is 24.3 Å². The summed E-state index contributed by atoms with van der Waals surface area (Å²) in [4.78, 5) is 22.7. The average Bonchev–Trinajstić information content (AvgIpc) is 2.44. The van der Waals surface area contributed by atoms with Gasteiger partial charge in [-0.25, -0.2) is 0 Å². The maximum atomic E-state index is 12.3. The molecule has 0 radical (unpaired) electrons. The molecule has 2 N–H and O–H groups in total. The monoisotopic (exact) mass is 305 g/mol. The Labute approximate surface area is 130 Å². The van der Waals surface area contributed by atoms with Crippen LogP contribution < -0.4 is 10.1 Å². The van der Waals surface area contributed by atoms with Crippen molar-refractivity contribution in [2.75, 3.05) is 11.9 Å². The largest absolute Gasteiger partial charge is 0.494 e. The molecule has 1 amide bonds. The zero-order valence-corrected chi connectivity index (χ0v) is 12.9. The first-order valence-corrected chi connectivity index (χ1v) is 7.82. The summed E-state index contributed by atoms with van der Waals surface area (Å²) in [5.41, 5.74) is 0.592. The van der Waals surface area contributed by atoms with Gasteiger partial charge >= 0.3 is 5.97 Å². The highest BCUT2D eigenvalue weighted by atomic mass is 16.5. The second-order valence-electron chi connectivity index (χ2n) is 5.81. The number of carbonyl (C=O) groups is 2. The molecule has 5 nitrogen and oxygen atoms in total. The van der Waals surface area contributed by atoms with Crippen molar-refractivity contribution in [1.82, 2.24) is 0 Å². The van der Waals surface area contributed by atoms with Crippen LogP contribution in [0.3, 0.4) is 0 Å². The third-order valence-electron chi connectivity index (χ3n) is 4.39. The zero-order chi connectivity index (χ0) is 16.0. The maximum absolute atomic E-state index is 12.3. The van der Waals surface area contributed by atoms with Gasteiger partial charge in [0.2, 0.25) is 5.91 Å². The topological polar surface area (TPSA) is 75.6 Å². The zero-order valence-electron chi connectivity index (χ0n) is 12.9. The van der Waals surface area contributed by atoms with Crippen molar-refractivity contribution in [2.45, 2.75) is 45.4 Å². The van der Waals surface area contributed by atoms with Crippen LogP contribution in [0.4, 0.5) is 5.69 Å². The fraction of sp³-hybridized carbons (Fsp3) is 0.529. The van der Waals surface area contributed by atoms with E-state index in [1.165, 1.54) is 0 Å². The Bertz CT molecular complexity index is 514. The number of carbonyl (C=O) groups excluding carboxylic acids is 1. The number of hydrogen-bond donors (Lipinski definition) is 2. The summed E-state index contributed by atoms with van der Waals surface area (Å²) < 4.78 is 5.46. The lowest BCUT2D eigenvalue weighted by Gasteiger charge is -2.39. The van der Waals surface area contributed by atoms with E-state index in [9.17, 15) is 9.59 Å². The van der Waals surface area contributed by atoms with E-state index in [2.05, 4.69) is 12.2 Å². The van der Waals surface area contributed by atoms with Gasteiger partial charge in [-0.2, -0.15) is 0 Å². The minimum Gasteiger partial charge on any atom is -0.494 e. The van der Waals surface area contributed by atoms with Crippen molar-refractivity contribution >= 4 is 17.6 Å². The predicted molar refractivity (Wildman–Crippen MR) is 84.0 cm³/mol. The van der Waals surface area contributed by atoms with Crippen LogP contribution in [-0.4, -0.2) is 23.6 Å². The summed E-state index contributed by atoms with van der Waals surface area (Å²) in [7, 11) is 0. The van der Waals surface area contributed by atoms with Crippen LogP contribution in [0.5, 0.6) is 5.75 Å². The molecule has 0 heterocycles. The molecule has 0 atom stereocenters. The highest BCUT2D eigenvalue weighted by molar-refractivity contribution is 5.95. The Morgan fingerprint density at radius 3 is 2.45 bits per heavy atom. The molecule has 5 heteroatoms. The van der Waals surface area contributed by atoms with Gasteiger partial charge in [0.1, 0.15) is 5.75 Å². The van der Waals surface area contributed by atoms with Crippen molar-refractivity contribution in [1.29, 1.82) is 0 Å². The minimum absolute atomic E-state index is 0.104. The van der Waals surface area contributed by atoms with E-state index in [1.54, 1.807) is 12.1 Å². The smallest absolute Gasteiger partial charge is 0.303 e. The van der Waals surface area contributed by atoms with E-state index in [0.717, 1.165) is 31.4 Å². The molecule has 1 saturated carbocycles. The molecule has 0 aromatic heterocycles. The molecule has 120 valence electrons. The number of carboxylic acid groups (broad SMARTS) is 1. The van der Waals surface area contributed by atoms with E-state index in [0.29, 0.717) is 18.8 Å². The van der Waals surface area contributed by atoms with Crippen molar-refractivity contribution in [2.24, 2.45) is 5.41 Å². The van der Waals surface area contributed by atoms with Crippen LogP contribution in [0.2, 0.25) is 0 Å². The first kappa shape index (κ1) is 16.3. The Balaban J connectivity index is 1.81. The standard InChI is InChI=1S/C17H23NO4/c1-2-17(10-4-11-17)16(21)18-13-6-8-14(9-7-13)22-12-3-5-15(19)20/h6-9H,2-5,10-12H2,1H3,(H,18,21)(H,19,20). The first-order chi connectivity index (χ1) is 10.6. The van der Waals surface area contributed by atoms with Gasteiger partial charge in [0.25, 0.3) is 0 Å². The second kappa shape index (κ2) is 7.29. The van der Waals surface area contributed by atoms with Gasteiger partial charge < -0.3 is 15.2 Å². The number of amides is 1. The Kier molecular flexibility index (Phi) is 5.41. The number of anilines is 1. The molecule has 0 bridgehead atoms. The maximum Gasteiger partial charge on any atom is 0.303 e. The summed E-state index contributed by atoms with van der Waals surface area (Å²) >= 11 is 0. The molecule has 1 aliphatic carbocycles. The lowest BCUT2D eigenvalue weighted by molar-refractivity contribution is -0.137. The Morgan fingerprint density at radius 1 is 1.27 bits per heavy atom. The lowest BCUT2D eigenvalue weighted by atomic mass is 9.66. The quantitative estimate of drug-likeness (QED) is 0.721. The van der Waals surface area contributed by atoms with Gasteiger partial charge in [-0.1, -0.05) is 13.3 Å². The molecule has 1 fully saturated rings. The van der Waals surface area contributed by atoms with Crippen molar-refractivity contribution in [3.63, 3.8) is 0 Å². The third kappa shape index (κ3) is 4.00. The van der Waals surface area contributed by atoms with Crippen LogP contribution in [0.1, 0.15) is 45.4 Å². The normalized spacial score (nSPS) is 15.7. The number of hydrogen-bond acceptors (Lipinski definition) is 3. The molecule has 2 rings (SSSR count). The number of ether oxygens (including phenoxy) is 1. The van der Waals surface area contributed by atoms with E-state index in [1.807, 2.05) is 12.1 Å². The average molecular weight is 305 g/mol. The van der Waals surface area contributed by atoms with Gasteiger partial charge in [-0.3, -0.25) is 9.59 Å². The lowest BCUT2D eigenvalue weighted by Crippen LogP contribution is -2.41. The Hall–Kier alpha value is -2.04. The molecule has 0 aliphatic heterocycles. The summed E-state index contributed by atoms with van der Waals surface area (Å²) in [6.07, 6.45) is 4.54. The molecular formula is C17H23NO4. The molecule has 1 aliphatic rings. The fourth-order valence-corrected chi connectivity index (χ4v) is 2.66. The van der Waals surface area contributed by atoms with Gasteiger partial charge in [0.15, 0.2) is 0 Å². The second-order valence-corrected chi connectivity index (χ2v) is 5.81. The Morgan fingerprint density at radius 2 is 1.95 bits per heavy atom. The third-order valence-corrected chi connectivity index (χ3v) is 4.39. The van der Waals surface area contributed by atoms with Gasteiger partial charge in [-0.15, -0.1) is 0 Å². The minimum atomic E-state index is -0.817. The molecule has 0 unspecified atom stereocenters. The van der Waals surface area contributed by atoms with Crippen LogP contribution in [0.15, 0.2) is 24.3 Å². The summed E-state index contributed by atoms with van der Waals surface area (Å²) in [6, 6.07) is 7.20. The van der Waals surface area contributed by atoms with Gasteiger partial charge in [-0.05, 0) is 49.9 Å². The van der Waals surface area contributed by atoms with Crippen LogP contribution >= 0.6 is 0 Å². The molecule has 1 aromatic carbocycles. The van der Waals surface area contributed by atoms with Crippen molar-refractivity contribution in [3.8, 4) is 5.75 Å². The predicted octanol–water partition coefficient (Wildman–Crippen LogP) is 3.45. The van der Waals surface area contributed by atoms with E-state index >= 15 is 0 Å². The number of carboxylic acids is 1. The number of rotatable bonds is 8. The SMILES string of the molecule is CCC1(C(=O)Nc2ccc(OCCCC(=O)O)cc2)CCC1. The van der Waals surface area contributed by atoms with E-state index in [4.69, 9.17) is 9.84 Å². The number of nitrogens with one attached hydrogen (secondary N) is 1.